The van der Waals surface area contributed by atoms with Crippen molar-refractivity contribution in [1.82, 2.24) is 10.6 Å². The first-order valence-corrected chi connectivity index (χ1v) is 5.56. The van der Waals surface area contributed by atoms with E-state index in [9.17, 15) is 19.8 Å². The summed E-state index contributed by atoms with van der Waals surface area (Å²) < 4.78 is 0. The summed E-state index contributed by atoms with van der Waals surface area (Å²) >= 11 is 0. The number of nitrogens with one attached hydrogen (secondary N) is 2. The van der Waals surface area contributed by atoms with Crippen LogP contribution < -0.4 is 10.6 Å². The van der Waals surface area contributed by atoms with Gasteiger partial charge in [-0.2, -0.15) is 0 Å². The molecule has 4 N–H and O–H groups in total. The molecule has 0 aliphatic heterocycles. The van der Waals surface area contributed by atoms with Crippen LogP contribution in [0.1, 0.15) is 24.2 Å². The van der Waals surface area contributed by atoms with Gasteiger partial charge in [-0.1, -0.05) is 6.07 Å². The second-order valence-corrected chi connectivity index (χ2v) is 3.76. The molecule has 1 unspecified atom stereocenters. The summed E-state index contributed by atoms with van der Waals surface area (Å²) in [5, 5.41) is 23.9. The summed E-state index contributed by atoms with van der Waals surface area (Å²) in [6.07, 6.45) is 0. The van der Waals surface area contributed by atoms with Crippen molar-refractivity contribution in [2.45, 2.75) is 19.9 Å². The summed E-state index contributed by atoms with van der Waals surface area (Å²) in [5.74, 6) is -1.71. The summed E-state index contributed by atoms with van der Waals surface area (Å²) in [6, 6.07) is 3.22. The first-order chi connectivity index (χ1) is 8.47. The third-order valence-electron chi connectivity index (χ3n) is 2.34. The molecule has 6 nitrogen and oxygen atoms in total. The summed E-state index contributed by atoms with van der Waals surface area (Å²) in [6.45, 7) is 3.74. The highest BCUT2D eigenvalue weighted by Crippen LogP contribution is 2.25. The van der Waals surface area contributed by atoms with Crippen LogP contribution in [0.4, 0.5) is 0 Å². The molecule has 0 saturated heterocycles. The zero-order chi connectivity index (χ0) is 13.7. The molecule has 0 heterocycles. The number of carbonyl (C=O) groups excluding carboxylic acids is 2. The van der Waals surface area contributed by atoms with Gasteiger partial charge in [0, 0.05) is 6.54 Å². The van der Waals surface area contributed by atoms with Crippen LogP contribution in [0.25, 0.3) is 0 Å². The fraction of sp³-hybridized carbons (Fsp3) is 0.333. The smallest absolute Gasteiger partial charge is 0.259 e. The molecule has 18 heavy (non-hydrogen) atoms. The Kier molecular flexibility index (Phi) is 4.53. The number of phenols is 2. The van der Waals surface area contributed by atoms with E-state index in [4.69, 9.17) is 0 Å². The van der Waals surface area contributed by atoms with E-state index in [1.54, 1.807) is 6.92 Å². The maximum absolute atomic E-state index is 11.8. The molecule has 0 aromatic heterocycles. The van der Waals surface area contributed by atoms with Gasteiger partial charge in [0.2, 0.25) is 5.91 Å². The van der Waals surface area contributed by atoms with E-state index in [-0.39, 0.29) is 23.0 Å². The topological polar surface area (TPSA) is 98.7 Å². The molecular weight excluding hydrogens is 236 g/mol. The Labute approximate surface area is 105 Å². The van der Waals surface area contributed by atoms with Gasteiger partial charge >= 0.3 is 0 Å². The Morgan fingerprint density at radius 2 is 1.83 bits per heavy atom. The van der Waals surface area contributed by atoms with Crippen LogP contribution >= 0.6 is 0 Å². The molecule has 0 fully saturated rings. The number of carbonyl (C=O) groups is 2. The van der Waals surface area contributed by atoms with Gasteiger partial charge in [0.1, 0.15) is 23.1 Å². The van der Waals surface area contributed by atoms with Gasteiger partial charge in [-0.25, -0.2) is 0 Å². The Morgan fingerprint density at radius 1 is 1.28 bits per heavy atom. The lowest BCUT2D eigenvalue weighted by atomic mass is 10.1. The van der Waals surface area contributed by atoms with Crippen LogP contribution in [0.15, 0.2) is 18.2 Å². The lowest BCUT2D eigenvalue weighted by Gasteiger charge is -2.14. The van der Waals surface area contributed by atoms with Crippen LogP contribution in [0.2, 0.25) is 0 Å². The normalized spacial score (nSPS) is 11.7. The van der Waals surface area contributed by atoms with Gasteiger partial charge in [0.05, 0.1) is 0 Å². The lowest BCUT2D eigenvalue weighted by Crippen LogP contribution is -2.44. The van der Waals surface area contributed by atoms with Gasteiger partial charge in [-0.3, -0.25) is 9.59 Å². The number of hydrogen-bond acceptors (Lipinski definition) is 4. The van der Waals surface area contributed by atoms with Crippen molar-refractivity contribution in [2.24, 2.45) is 0 Å². The highest BCUT2D eigenvalue weighted by Gasteiger charge is 2.20. The molecule has 1 aromatic rings. The molecule has 1 aromatic carbocycles. The average molecular weight is 252 g/mol. The van der Waals surface area contributed by atoms with Crippen molar-refractivity contribution in [3.05, 3.63) is 23.8 Å². The van der Waals surface area contributed by atoms with Crippen molar-refractivity contribution in [1.29, 1.82) is 0 Å². The highest BCUT2D eigenvalue weighted by molar-refractivity contribution is 6.01. The maximum atomic E-state index is 11.8. The molecule has 0 saturated carbocycles. The first kappa shape index (κ1) is 13.8. The molecular formula is C12H16N2O4. The van der Waals surface area contributed by atoms with Crippen molar-refractivity contribution < 1.29 is 19.8 Å². The predicted octanol–water partition coefficient (Wildman–Crippen LogP) is 0.352. The van der Waals surface area contributed by atoms with Gasteiger partial charge in [0.25, 0.3) is 5.91 Å². The number of amides is 2. The Hall–Kier alpha value is -2.24. The quantitative estimate of drug-likeness (QED) is 0.621. The lowest BCUT2D eigenvalue weighted by molar-refractivity contribution is -0.122. The van der Waals surface area contributed by atoms with E-state index >= 15 is 0 Å². The second-order valence-electron chi connectivity index (χ2n) is 3.76. The fourth-order valence-corrected chi connectivity index (χ4v) is 1.42. The SMILES string of the molecule is CCNC(=O)C(C)NC(=O)c1c(O)cccc1O. The number of benzene rings is 1. The van der Waals surface area contributed by atoms with Gasteiger partial charge in [-0.05, 0) is 26.0 Å². The van der Waals surface area contributed by atoms with Crippen LogP contribution in [0.3, 0.4) is 0 Å². The highest BCUT2D eigenvalue weighted by atomic mass is 16.3. The molecule has 0 aliphatic rings. The number of hydrogen-bond donors (Lipinski definition) is 4. The van der Waals surface area contributed by atoms with E-state index in [0.717, 1.165) is 0 Å². The van der Waals surface area contributed by atoms with E-state index in [0.29, 0.717) is 6.54 Å². The number of phenolic OH excluding ortho intramolecular Hbond substituents is 2. The molecule has 1 atom stereocenters. The monoisotopic (exact) mass is 252 g/mol. The Bertz CT molecular complexity index is 439. The van der Waals surface area contributed by atoms with E-state index in [1.165, 1.54) is 25.1 Å². The third-order valence-corrected chi connectivity index (χ3v) is 2.34. The number of rotatable bonds is 4. The van der Waals surface area contributed by atoms with E-state index in [1.807, 2.05) is 0 Å². The van der Waals surface area contributed by atoms with Crippen molar-refractivity contribution in [3.63, 3.8) is 0 Å². The van der Waals surface area contributed by atoms with Crippen LogP contribution in [0.5, 0.6) is 11.5 Å². The van der Waals surface area contributed by atoms with Gasteiger partial charge < -0.3 is 20.8 Å². The first-order valence-electron chi connectivity index (χ1n) is 5.56. The van der Waals surface area contributed by atoms with E-state index < -0.39 is 11.9 Å². The molecule has 0 spiro atoms. The van der Waals surface area contributed by atoms with E-state index in [2.05, 4.69) is 10.6 Å². The van der Waals surface area contributed by atoms with Crippen LogP contribution in [-0.4, -0.2) is 34.6 Å². The third kappa shape index (κ3) is 3.13. The van der Waals surface area contributed by atoms with Crippen molar-refractivity contribution >= 4 is 11.8 Å². The zero-order valence-electron chi connectivity index (χ0n) is 10.2. The fourth-order valence-electron chi connectivity index (χ4n) is 1.42. The molecule has 1 rings (SSSR count). The molecule has 2 amide bonds. The second kappa shape index (κ2) is 5.90. The molecule has 0 aliphatic carbocycles. The Morgan fingerprint density at radius 3 is 2.33 bits per heavy atom. The van der Waals surface area contributed by atoms with Gasteiger partial charge in [0.15, 0.2) is 0 Å². The number of likely N-dealkylation sites (N-methyl/N-ethyl adjacent to an activating group) is 1. The largest absolute Gasteiger partial charge is 0.507 e. The summed E-state index contributed by atoms with van der Waals surface area (Å²) in [5.41, 5.74) is -0.242. The van der Waals surface area contributed by atoms with Crippen molar-refractivity contribution in [2.75, 3.05) is 6.54 Å². The summed E-state index contributed by atoms with van der Waals surface area (Å²) in [7, 11) is 0. The zero-order valence-corrected chi connectivity index (χ0v) is 10.2. The standard InChI is InChI=1S/C12H16N2O4/c1-3-13-11(17)7(2)14-12(18)10-8(15)5-4-6-9(10)16/h4-7,15-16H,3H2,1-2H3,(H,13,17)(H,14,18). The molecule has 6 heteroatoms. The maximum Gasteiger partial charge on any atom is 0.259 e. The minimum Gasteiger partial charge on any atom is -0.507 e. The molecule has 0 bridgehead atoms. The minimum atomic E-state index is -0.753. The van der Waals surface area contributed by atoms with Gasteiger partial charge in [-0.15, -0.1) is 0 Å². The number of aromatic hydroxyl groups is 2. The average Bonchev–Trinajstić information content (AvgIpc) is 2.28. The minimum absolute atomic E-state index is 0.242. The molecule has 98 valence electrons. The predicted molar refractivity (Wildman–Crippen MR) is 65.4 cm³/mol. The molecule has 0 radical (unpaired) electrons. The Balaban J connectivity index is 2.80. The summed E-state index contributed by atoms with van der Waals surface area (Å²) in [4.78, 5) is 23.2. The van der Waals surface area contributed by atoms with Crippen LogP contribution in [-0.2, 0) is 4.79 Å². The van der Waals surface area contributed by atoms with Crippen molar-refractivity contribution in [3.8, 4) is 11.5 Å². The van der Waals surface area contributed by atoms with Crippen LogP contribution in [0, 0.1) is 0 Å².